The van der Waals surface area contributed by atoms with Crippen molar-refractivity contribution in [2.75, 3.05) is 6.54 Å². The zero-order chi connectivity index (χ0) is 15.1. The molecule has 0 aliphatic carbocycles. The smallest absolute Gasteiger partial charge is 0.269 e. The number of hydrogen-bond acceptors (Lipinski definition) is 4. The third kappa shape index (κ3) is 4.38. The molecule has 112 valence electrons. The van der Waals surface area contributed by atoms with Gasteiger partial charge in [-0.15, -0.1) is 0 Å². The Hall–Kier alpha value is -1.27. The topological polar surface area (TPSA) is 72.2 Å². The number of nitro groups is 1. The lowest BCUT2D eigenvalue weighted by molar-refractivity contribution is -0.384. The van der Waals surface area contributed by atoms with E-state index in [1.807, 2.05) is 6.92 Å². The van der Waals surface area contributed by atoms with Gasteiger partial charge in [-0.2, -0.15) is 0 Å². The minimum atomic E-state index is -1.17. The lowest BCUT2D eigenvalue weighted by Crippen LogP contribution is -2.40. The van der Waals surface area contributed by atoms with Gasteiger partial charge in [0, 0.05) is 23.1 Å². The number of nitro benzene ring substituents is 1. The minimum Gasteiger partial charge on any atom is -0.313 e. The molecule has 3 unspecified atom stereocenters. The first kappa shape index (κ1) is 16.8. The molecule has 0 spiro atoms. The Morgan fingerprint density at radius 3 is 2.35 bits per heavy atom. The van der Waals surface area contributed by atoms with Crippen molar-refractivity contribution < 1.29 is 9.13 Å². The van der Waals surface area contributed by atoms with Crippen molar-refractivity contribution in [3.8, 4) is 0 Å². The number of nitrogens with one attached hydrogen (secondary N) is 1. The van der Waals surface area contributed by atoms with Gasteiger partial charge in [-0.1, -0.05) is 13.8 Å². The van der Waals surface area contributed by atoms with Crippen molar-refractivity contribution in [2.24, 2.45) is 0 Å². The number of hydrogen-bond donors (Lipinski definition) is 1. The summed E-state index contributed by atoms with van der Waals surface area (Å²) in [6, 6.07) is 6.15. The lowest BCUT2D eigenvalue weighted by atomic mass is 10.1. The molecule has 0 aliphatic heterocycles. The standard InChI is InChI=1S/C14H22N2O3S/c1-4-10-15-14(5-2)11(3)20(19)13-8-6-12(7-9-13)16(17)18/h6-9,11,14-15H,4-5,10H2,1-3H3. The molecule has 20 heavy (non-hydrogen) atoms. The van der Waals surface area contributed by atoms with Crippen LogP contribution in [0.3, 0.4) is 0 Å². The molecule has 5 nitrogen and oxygen atoms in total. The molecule has 1 aromatic rings. The first-order chi connectivity index (χ1) is 9.51. The number of nitrogens with zero attached hydrogens (tertiary/aromatic N) is 1. The summed E-state index contributed by atoms with van der Waals surface area (Å²) in [4.78, 5) is 10.8. The van der Waals surface area contributed by atoms with E-state index in [0.717, 1.165) is 19.4 Å². The predicted molar refractivity (Wildman–Crippen MR) is 81.3 cm³/mol. The highest BCUT2D eigenvalue weighted by molar-refractivity contribution is 7.85. The SMILES string of the molecule is CCCNC(CC)C(C)S(=O)c1ccc([N+](=O)[O-])cc1. The van der Waals surface area contributed by atoms with Crippen molar-refractivity contribution in [1.82, 2.24) is 5.32 Å². The average Bonchev–Trinajstić information content (AvgIpc) is 2.47. The van der Waals surface area contributed by atoms with Crippen molar-refractivity contribution >= 4 is 16.5 Å². The van der Waals surface area contributed by atoms with Crippen molar-refractivity contribution in [1.29, 1.82) is 0 Å². The maximum atomic E-state index is 12.5. The zero-order valence-electron chi connectivity index (χ0n) is 12.2. The first-order valence-corrected chi connectivity index (χ1v) is 8.10. The largest absolute Gasteiger partial charge is 0.313 e. The molecule has 0 bridgehead atoms. The van der Waals surface area contributed by atoms with Crippen molar-refractivity contribution in [2.45, 2.75) is 49.8 Å². The maximum Gasteiger partial charge on any atom is 0.269 e. The van der Waals surface area contributed by atoms with Crippen LogP contribution in [0, 0.1) is 10.1 Å². The third-order valence-electron chi connectivity index (χ3n) is 3.28. The fourth-order valence-electron chi connectivity index (χ4n) is 2.04. The molecule has 1 rings (SSSR count). The summed E-state index contributed by atoms with van der Waals surface area (Å²) in [6.45, 7) is 7.02. The van der Waals surface area contributed by atoms with Crippen molar-refractivity contribution in [3.63, 3.8) is 0 Å². The van der Waals surface area contributed by atoms with Gasteiger partial charge in [-0.25, -0.2) is 0 Å². The molecule has 0 radical (unpaired) electrons. The Bertz CT molecular complexity index is 462. The van der Waals surface area contributed by atoms with Gasteiger partial charge in [-0.05, 0) is 38.4 Å². The Morgan fingerprint density at radius 2 is 1.90 bits per heavy atom. The van der Waals surface area contributed by atoms with Crippen LogP contribution >= 0.6 is 0 Å². The summed E-state index contributed by atoms with van der Waals surface area (Å²) in [7, 11) is -1.17. The van der Waals surface area contributed by atoms with Gasteiger partial charge < -0.3 is 5.32 Å². The highest BCUT2D eigenvalue weighted by atomic mass is 32.2. The number of non-ortho nitro benzene ring substituents is 1. The fourth-order valence-corrected chi connectivity index (χ4v) is 3.46. The molecule has 1 N–H and O–H groups in total. The Labute approximate surface area is 122 Å². The molecule has 1 aromatic carbocycles. The molecule has 6 heteroatoms. The van der Waals surface area contributed by atoms with Crippen LogP contribution in [0.2, 0.25) is 0 Å². The van der Waals surface area contributed by atoms with Crippen LogP contribution in [0.15, 0.2) is 29.2 Å². The van der Waals surface area contributed by atoms with Gasteiger partial charge in [-0.3, -0.25) is 14.3 Å². The zero-order valence-corrected chi connectivity index (χ0v) is 13.0. The second kappa shape index (κ2) is 8.11. The monoisotopic (exact) mass is 298 g/mol. The Balaban J connectivity index is 2.79. The molecule has 0 heterocycles. The minimum absolute atomic E-state index is 0.0227. The van der Waals surface area contributed by atoms with E-state index in [-0.39, 0.29) is 17.0 Å². The molecule has 0 aliphatic rings. The molecule has 0 aromatic heterocycles. The quantitative estimate of drug-likeness (QED) is 0.591. The molecule has 0 saturated carbocycles. The van der Waals surface area contributed by atoms with Crippen LogP contribution in [0.25, 0.3) is 0 Å². The van der Waals surface area contributed by atoms with Gasteiger partial charge >= 0.3 is 0 Å². The van der Waals surface area contributed by atoms with Crippen LogP contribution in [-0.2, 0) is 10.8 Å². The summed E-state index contributed by atoms with van der Waals surface area (Å²) in [5.41, 5.74) is 0.0227. The average molecular weight is 298 g/mol. The summed E-state index contributed by atoms with van der Waals surface area (Å²) in [5, 5.41) is 14.0. The van der Waals surface area contributed by atoms with Crippen molar-refractivity contribution in [3.05, 3.63) is 34.4 Å². The number of benzene rings is 1. The van der Waals surface area contributed by atoms with Crippen LogP contribution in [-0.4, -0.2) is 27.0 Å². The third-order valence-corrected chi connectivity index (χ3v) is 5.02. The molecule has 0 saturated heterocycles. The van der Waals surface area contributed by atoms with Gasteiger partial charge in [0.25, 0.3) is 5.69 Å². The second-order valence-electron chi connectivity index (χ2n) is 4.72. The first-order valence-electron chi connectivity index (χ1n) is 6.89. The maximum absolute atomic E-state index is 12.5. The molecular formula is C14H22N2O3S. The summed E-state index contributed by atoms with van der Waals surface area (Å²) < 4.78 is 12.5. The van der Waals surface area contributed by atoms with Gasteiger partial charge in [0.2, 0.25) is 0 Å². The van der Waals surface area contributed by atoms with Crippen LogP contribution < -0.4 is 5.32 Å². The molecular weight excluding hydrogens is 276 g/mol. The number of rotatable bonds is 8. The predicted octanol–water partition coefficient (Wildman–Crippen LogP) is 2.87. The van der Waals surface area contributed by atoms with Crippen LogP contribution in [0.4, 0.5) is 5.69 Å². The van der Waals surface area contributed by atoms with E-state index >= 15 is 0 Å². The van der Waals surface area contributed by atoms with E-state index in [1.54, 1.807) is 12.1 Å². The van der Waals surface area contributed by atoms with Crippen LogP contribution in [0.5, 0.6) is 0 Å². The van der Waals surface area contributed by atoms with Crippen LogP contribution in [0.1, 0.15) is 33.6 Å². The molecule has 3 atom stereocenters. The van der Waals surface area contributed by atoms with E-state index < -0.39 is 15.7 Å². The van der Waals surface area contributed by atoms with E-state index in [2.05, 4.69) is 19.2 Å². The summed E-state index contributed by atoms with van der Waals surface area (Å²) in [6.07, 6.45) is 1.94. The van der Waals surface area contributed by atoms with E-state index in [9.17, 15) is 14.3 Å². The Kier molecular flexibility index (Phi) is 6.81. The molecule has 0 amide bonds. The molecule has 0 fully saturated rings. The highest BCUT2D eigenvalue weighted by Gasteiger charge is 2.22. The van der Waals surface area contributed by atoms with E-state index in [0.29, 0.717) is 4.90 Å². The highest BCUT2D eigenvalue weighted by Crippen LogP contribution is 2.19. The van der Waals surface area contributed by atoms with Gasteiger partial charge in [0.1, 0.15) is 0 Å². The summed E-state index contributed by atoms with van der Waals surface area (Å²) >= 11 is 0. The second-order valence-corrected chi connectivity index (χ2v) is 6.53. The fraction of sp³-hybridized carbons (Fsp3) is 0.571. The lowest BCUT2D eigenvalue weighted by Gasteiger charge is -2.23. The van der Waals surface area contributed by atoms with E-state index in [4.69, 9.17) is 0 Å². The van der Waals surface area contributed by atoms with Gasteiger partial charge in [0.05, 0.1) is 21.0 Å². The normalized spacial score (nSPS) is 15.6. The summed E-state index contributed by atoms with van der Waals surface area (Å²) in [5.74, 6) is 0. The van der Waals surface area contributed by atoms with E-state index in [1.165, 1.54) is 12.1 Å². The Morgan fingerprint density at radius 1 is 1.30 bits per heavy atom. The van der Waals surface area contributed by atoms with Gasteiger partial charge in [0.15, 0.2) is 0 Å².